The summed E-state index contributed by atoms with van der Waals surface area (Å²) >= 11 is 0. The Morgan fingerprint density at radius 3 is 2.57 bits per heavy atom. The minimum Gasteiger partial charge on any atom is -0.492 e. The van der Waals surface area contributed by atoms with E-state index in [-0.39, 0.29) is 5.91 Å². The zero-order valence-electron chi connectivity index (χ0n) is 17.5. The molecule has 2 aliphatic rings. The Labute approximate surface area is 169 Å². The fourth-order valence-corrected chi connectivity index (χ4v) is 4.33. The van der Waals surface area contributed by atoms with Gasteiger partial charge in [0.25, 0.3) is 5.91 Å². The van der Waals surface area contributed by atoms with Crippen LogP contribution in [0.15, 0.2) is 24.3 Å². The maximum Gasteiger partial charge on any atom is 0.256 e. The molecule has 1 atom stereocenters. The van der Waals surface area contributed by atoms with Gasteiger partial charge in [-0.05, 0) is 82.7 Å². The standard InChI is InChI=1S/C23H36N2O3/c1-3-17-28-23(13-5-6-14-23)22(26)24-20-9-11-21(12-10-20)27-18-16-25-15-7-4-8-19(25)2/h9-12,19H,3-8,13-18H2,1-2H3,(H,24,26)/t19-/m0/s1. The molecule has 1 amide bonds. The second-order valence-electron chi connectivity index (χ2n) is 8.26. The van der Waals surface area contributed by atoms with Crippen LogP contribution < -0.4 is 10.1 Å². The first-order chi connectivity index (χ1) is 13.6. The lowest BCUT2D eigenvalue weighted by Gasteiger charge is -2.33. The topological polar surface area (TPSA) is 50.8 Å². The van der Waals surface area contributed by atoms with Gasteiger partial charge in [-0.25, -0.2) is 0 Å². The minimum absolute atomic E-state index is 0.00814. The van der Waals surface area contributed by atoms with Crippen LogP contribution in [0, 0.1) is 0 Å². The van der Waals surface area contributed by atoms with Crippen LogP contribution in [0.4, 0.5) is 5.69 Å². The fourth-order valence-electron chi connectivity index (χ4n) is 4.33. The predicted octanol–water partition coefficient (Wildman–Crippen LogP) is 4.62. The molecule has 1 saturated carbocycles. The average Bonchev–Trinajstić information content (AvgIpc) is 3.19. The summed E-state index contributed by atoms with van der Waals surface area (Å²) in [6, 6.07) is 8.36. The molecule has 1 N–H and O–H groups in total. The van der Waals surface area contributed by atoms with Crippen LogP contribution in [-0.2, 0) is 9.53 Å². The lowest BCUT2D eigenvalue weighted by Crippen LogP contribution is -2.43. The number of anilines is 1. The normalized spacial score (nSPS) is 22.1. The van der Waals surface area contributed by atoms with E-state index in [4.69, 9.17) is 9.47 Å². The summed E-state index contributed by atoms with van der Waals surface area (Å²) in [6.45, 7) is 7.86. The van der Waals surface area contributed by atoms with E-state index in [0.717, 1.165) is 50.1 Å². The zero-order valence-corrected chi connectivity index (χ0v) is 17.5. The van der Waals surface area contributed by atoms with Gasteiger partial charge in [0.15, 0.2) is 0 Å². The number of rotatable bonds is 9. The van der Waals surface area contributed by atoms with E-state index < -0.39 is 5.60 Å². The zero-order chi connectivity index (χ0) is 19.8. The molecule has 1 aliphatic carbocycles. The number of nitrogens with one attached hydrogen (secondary N) is 1. The highest BCUT2D eigenvalue weighted by Gasteiger charge is 2.42. The minimum atomic E-state index is -0.643. The number of piperidine rings is 1. The Kier molecular flexibility index (Phi) is 7.74. The maximum atomic E-state index is 12.8. The number of hydrogen-bond acceptors (Lipinski definition) is 4. The van der Waals surface area contributed by atoms with Gasteiger partial charge in [0, 0.05) is 24.9 Å². The Morgan fingerprint density at radius 2 is 1.89 bits per heavy atom. The third-order valence-electron chi connectivity index (χ3n) is 6.11. The monoisotopic (exact) mass is 388 g/mol. The third-order valence-corrected chi connectivity index (χ3v) is 6.11. The smallest absolute Gasteiger partial charge is 0.256 e. The molecule has 0 aromatic heterocycles. The van der Waals surface area contributed by atoms with Crippen molar-refractivity contribution in [1.82, 2.24) is 4.90 Å². The van der Waals surface area contributed by atoms with Crippen molar-refractivity contribution in [3.8, 4) is 5.75 Å². The molecule has 2 fully saturated rings. The number of carbonyl (C=O) groups excluding carboxylic acids is 1. The van der Waals surface area contributed by atoms with Crippen molar-refractivity contribution in [2.24, 2.45) is 0 Å². The van der Waals surface area contributed by atoms with E-state index in [1.807, 2.05) is 24.3 Å². The van der Waals surface area contributed by atoms with E-state index in [2.05, 4.69) is 24.1 Å². The number of hydrogen-bond donors (Lipinski definition) is 1. The van der Waals surface area contributed by atoms with Crippen molar-refractivity contribution in [3.63, 3.8) is 0 Å². The van der Waals surface area contributed by atoms with Crippen LogP contribution in [0.2, 0.25) is 0 Å². The van der Waals surface area contributed by atoms with E-state index in [1.54, 1.807) is 0 Å². The highest BCUT2D eigenvalue weighted by molar-refractivity contribution is 5.97. The van der Waals surface area contributed by atoms with E-state index in [1.165, 1.54) is 25.8 Å². The van der Waals surface area contributed by atoms with Crippen molar-refractivity contribution in [1.29, 1.82) is 0 Å². The molecule has 3 rings (SSSR count). The van der Waals surface area contributed by atoms with Gasteiger partial charge in [0.2, 0.25) is 0 Å². The van der Waals surface area contributed by atoms with E-state index in [0.29, 0.717) is 19.3 Å². The van der Waals surface area contributed by atoms with Gasteiger partial charge in [0.05, 0.1) is 0 Å². The number of carbonyl (C=O) groups is 1. The summed E-state index contributed by atoms with van der Waals surface area (Å²) in [4.78, 5) is 15.3. The Bertz CT molecular complexity index is 611. The van der Waals surface area contributed by atoms with E-state index in [9.17, 15) is 4.79 Å². The fraction of sp³-hybridized carbons (Fsp3) is 0.696. The lowest BCUT2D eigenvalue weighted by atomic mass is 10.0. The Hall–Kier alpha value is -1.59. The summed E-state index contributed by atoms with van der Waals surface area (Å²) in [7, 11) is 0. The van der Waals surface area contributed by atoms with Crippen LogP contribution in [0.3, 0.4) is 0 Å². The Morgan fingerprint density at radius 1 is 1.14 bits per heavy atom. The summed E-state index contributed by atoms with van der Waals surface area (Å²) in [6.07, 6.45) is 8.59. The number of nitrogens with zero attached hydrogens (tertiary/aromatic N) is 1. The molecule has 1 saturated heterocycles. The molecular weight excluding hydrogens is 352 g/mol. The summed E-state index contributed by atoms with van der Waals surface area (Å²) in [5, 5.41) is 3.05. The van der Waals surface area contributed by atoms with Gasteiger partial charge >= 0.3 is 0 Å². The number of ether oxygens (including phenoxy) is 2. The molecule has 5 nitrogen and oxygen atoms in total. The molecule has 1 aliphatic heterocycles. The second kappa shape index (κ2) is 10.3. The van der Waals surface area contributed by atoms with Gasteiger partial charge in [-0.3, -0.25) is 9.69 Å². The molecule has 0 unspecified atom stereocenters. The highest BCUT2D eigenvalue weighted by atomic mass is 16.5. The molecule has 0 spiro atoms. The number of likely N-dealkylation sites (tertiary alicyclic amines) is 1. The van der Waals surface area contributed by atoms with Gasteiger partial charge in [0.1, 0.15) is 18.0 Å². The first-order valence-corrected chi connectivity index (χ1v) is 11.1. The van der Waals surface area contributed by atoms with Crippen molar-refractivity contribution in [2.45, 2.75) is 76.9 Å². The van der Waals surface area contributed by atoms with Crippen LogP contribution in [0.1, 0.15) is 65.2 Å². The van der Waals surface area contributed by atoms with Gasteiger partial charge in [-0.15, -0.1) is 0 Å². The second-order valence-corrected chi connectivity index (χ2v) is 8.26. The number of amides is 1. The van der Waals surface area contributed by atoms with E-state index >= 15 is 0 Å². The van der Waals surface area contributed by atoms with Crippen molar-refractivity contribution in [3.05, 3.63) is 24.3 Å². The van der Waals surface area contributed by atoms with Crippen molar-refractivity contribution < 1.29 is 14.3 Å². The van der Waals surface area contributed by atoms with Crippen LogP contribution in [0.5, 0.6) is 5.75 Å². The van der Waals surface area contributed by atoms with Crippen LogP contribution in [-0.4, -0.2) is 48.8 Å². The lowest BCUT2D eigenvalue weighted by molar-refractivity contribution is -0.140. The summed E-state index contributed by atoms with van der Waals surface area (Å²) < 4.78 is 11.9. The third kappa shape index (κ3) is 5.48. The average molecular weight is 389 g/mol. The molecule has 0 radical (unpaired) electrons. The number of benzene rings is 1. The van der Waals surface area contributed by atoms with Crippen molar-refractivity contribution >= 4 is 11.6 Å². The highest BCUT2D eigenvalue weighted by Crippen LogP contribution is 2.34. The van der Waals surface area contributed by atoms with Crippen LogP contribution in [0.25, 0.3) is 0 Å². The molecule has 1 heterocycles. The maximum absolute atomic E-state index is 12.8. The SMILES string of the molecule is CCCOC1(C(=O)Nc2ccc(OCCN3CCCC[C@@H]3C)cc2)CCCC1. The summed E-state index contributed by atoms with van der Waals surface area (Å²) in [5.41, 5.74) is 0.157. The first-order valence-electron chi connectivity index (χ1n) is 11.1. The summed E-state index contributed by atoms with van der Waals surface area (Å²) in [5.74, 6) is 0.840. The van der Waals surface area contributed by atoms with Gasteiger partial charge < -0.3 is 14.8 Å². The van der Waals surface area contributed by atoms with Gasteiger partial charge in [-0.2, -0.15) is 0 Å². The molecular formula is C23H36N2O3. The molecule has 5 heteroatoms. The molecule has 1 aromatic rings. The first kappa shape index (κ1) is 21.1. The predicted molar refractivity (Wildman–Crippen MR) is 113 cm³/mol. The van der Waals surface area contributed by atoms with Crippen molar-refractivity contribution in [2.75, 3.05) is 31.6 Å². The van der Waals surface area contributed by atoms with Crippen LogP contribution >= 0.6 is 0 Å². The molecule has 156 valence electrons. The molecule has 28 heavy (non-hydrogen) atoms. The quantitative estimate of drug-likeness (QED) is 0.671. The largest absolute Gasteiger partial charge is 0.492 e. The molecule has 0 bridgehead atoms. The Balaban J connectivity index is 1.47. The van der Waals surface area contributed by atoms with Gasteiger partial charge in [-0.1, -0.05) is 13.3 Å². The molecule has 1 aromatic carbocycles.